The molecule has 0 saturated carbocycles. The zero-order valence-corrected chi connectivity index (χ0v) is 18.7. The number of carbonyl (C=O) groups excluding carboxylic acids is 1. The van der Waals surface area contributed by atoms with Crippen LogP contribution in [-0.4, -0.2) is 34.0 Å². The molecule has 9 heteroatoms. The van der Waals surface area contributed by atoms with E-state index >= 15 is 0 Å². The Morgan fingerprint density at radius 1 is 1.00 bits per heavy atom. The summed E-state index contributed by atoms with van der Waals surface area (Å²) in [6, 6.07) is 16.6. The lowest BCUT2D eigenvalue weighted by atomic mass is 10.2. The molecule has 2 N–H and O–H groups in total. The molecule has 0 atom stereocenters. The topological polar surface area (TPSA) is 98.3 Å². The highest BCUT2D eigenvalue weighted by atomic mass is 35.5. The Morgan fingerprint density at radius 3 is 2.70 bits per heavy atom. The molecule has 168 valence electrons. The molecule has 0 aliphatic carbocycles. The van der Waals surface area contributed by atoms with Gasteiger partial charge in [0.15, 0.2) is 0 Å². The minimum Gasteiger partial charge on any atom is -0.491 e. The van der Waals surface area contributed by atoms with Crippen LogP contribution in [-0.2, 0) is 11.4 Å². The number of halogens is 1. The number of carbonyl (C=O) groups is 1. The van der Waals surface area contributed by atoms with Gasteiger partial charge in [0.25, 0.3) is 0 Å². The Balaban J connectivity index is 1.51. The second-order valence-electron chi connectivity index (χ2n) is 7.08. The van der Waals surface area contributed by atoms with E-state index in [0.717, 1.165) is 22.3 Å². The summed E-state index contributed by atoms with van der Waals surface area (Å²) >= 11 is 6.44. The summed E-state index contributed by atoms with van der Waals surface area (Å²) in [4.78, 5) is 24.0. The van der Waals surface area contributed by atoms with E-state index in [9.17, 15) is 4.79 Å². The molecular weight excluding hydrogens is 442 g/mol. The van der Waals surface area contributed by atoms with E-state index in [0.29, 0.717) is 42.1 Å². The van der Waals surface area contributed by atoms with Gasteiger partial charge >= 0.3 is 0 Å². The van der Waals surface area contributed by atoms with Crippen molar-refractivity contribution in [2.24, 2.45) is 0 Å². The average molecular weight is 464 g/mol. The second kappa shape index (κ2) is 10.6. The number of fused-ring (bicyclic) bond motifs is 1. The molecular formula is C24H22ClN5O3. The van der Waals surface area contributed by atoms with Crippen molar-refractivity contribution in [3.05, 3.63) is 77.8 Å². The summed E-state index contributed by atoms with van der Waals surface area (Å²) in [5.74, 6) is 1.64. The fourth-order valence-electron chi connectivity index (χ4n) is 3.15. The van der Waals surface area contributed by atoms with Gasteiger partial charge in [-0.15, -0.1) is 0 Å². The van der Waals surface area contributed by atoms with Crippen molar-refractivity contribution in [1.82, 2.24) is 20.3 Å². The van der Waals surface area contributed by atoms with Gasteiger partial charge in [0.05, 0.1) is 28.2 Å². The van der Waals surface area contributed by atoms with Crippen LogP contribution in [0.5, 0.6) is 11.5 Å². The molecule has 0 radical (unpaired) electrons. The molecule has 0 bridgehead atoms. The van der Waals surface area contributed by atoms with E-state index in [-0.39, 0.29) is 5.91 Å². The van der Waals surface area contributed by atoms with Crippen LogP contribution in [0.3, 0.4) is 0 Å². The number of ether oxygens (including phenoxy) is 2. The number of nitrogens with zero attached hydrogens (tertiary/aromatic N) is 3. The third-order valence-electron chi connectivity index (χ3n) is 4.65. The highest BCUT2D eigenvalue weighted by Gasteiger charge is 2.12. The number of hydrogen-bond donors (Lipinski definition) is 2. The van der Waals surface area contributed by atoms with Crippen LogP contribution in [0.1, 0.15) is 12.6 Å². The number of pyridine rings is 1. The van der Waals surface area contributed by atoms with E-state index < -0.39 is 0 Å². The molecule has 33 heavy (non-hydrogen) atoms. The zero-order valence-electron chi connectivity index (χ0n) is 17.9. The SMILES string of the molecule is CC(=O)NCCOc1cccc2ncnc(Nc3ccc(OCc4ccccn4)c(Cl)c3)c12. The van der Waals surface area contributed by atoms with Crippen LogP contribution in [0.4, 0.5) is 11.5 Å². The van der Waals surface area contributed by atoms with Crippen LogP contribution >= 0.6 is 11.6 Å². The zero-order chi connectivity index (χ0) is 23.0. The van der Waals surface area contributed by atoms with E-state index in [1.165, 1.54) is 13.3 Å². The lowest BCUT2D eigenvalue weighted by molar-refractivity contribution is -0.119. The molecule has 1 amide bonds. The summed E-state index contributed by atoms with van der Waals surface area (Å²) in [6.45, 7) is 2.51. The molecule has 0 unspecified atom stereocenters. The summed E-state index contributed by atoms with van der Waals surface area (Å²) in [7, 11) is 0. The molecule has 8 nitrogen and oxygen atoms in total. The molecule has 2 aromatic carbocycles. The number of benzene rings is 2. The number of anilines is 2. The minimum atomic E-state index is -0.105. The molecule has 0 fully saturated rings. The Hall–Kier alpha value is -3.91. The lowest BCUT2D eigenvalue weighted by Crippen LogP contribution is -2.25. The van der Waals surface area contributed by atoms with Gasteiger partial charge in [-0.05, 0) is 42.5 Å². The van der Waals surface area contributed by atoms with Gasteiger partial charge in [-0.3, -0.25) is 9.78 Å². The van der Waals surface area contributed by atoms with Crippen molar-refractivity contribution in [2.45, 2.75) is 13.5 Å². The van der Waals surface area contributed by atoms with Crippen LogP contribution in [0, 0.1) is 0 Å². The maximum atomic E-state index is 11.1. The molecule has 2 aromatic heterocycles. The number of aromatic nitrogens is 3. The largest absolute Gasteiger partial charge is 0.491 e. The first-order valence-corrected chi connectivity index (χ1v) is 10.7. The highest BCUT2D eigenvalue weighted by molar-refractivity contribution is 6.32. The van der Waals surface area contributed by atoms with Gasteiger partial charge in [-0.1, -0.05) is 23.7 Å². The highest BCUT2D eigenvalue weighted by Crippen LogP contribution is 2.34. The summed E-state index contributed by atoms with van der Waals surface area (Å²) in [6.07, 6.45) is 3.20. The van der Waals surface area contributed by atoms with Crippen molar-refractivity contribution in [1.29, 1.82) is 0 Å². The first kappa shape index (κ1) is 22.3. The monoisotopic (exact) mass is 463 g/mol. The Bertz CT molecular complexity index is 1250. The molecule has 2 heterocycles. The maximum Gasteiger partial charge on any atom is 0.216 e. The number of hydrogen-bond acceptors (Lipinski definition) is 7. The van der Waals surface area contributed by atoms with E-state index in [2.05, 4.69) is 25.6 Å². The van der Waals surface area contributed by atoms with Gasteiger partial charge in [-0.2, -0.15) is 0 Å². The fraction of sp³-hybridized carbons (Fsp3) is 0.167. The minimum absolute atomic E-state index is 0.105. The normalized spacial score (nSPS) is 10.6. The fourth-order valence-corrected chi connectivity index (χ4v) is 3.38. The molecule has 0 aliphatic rings. The Kier molecular flexibility index (Phi) is 7.16. The van der Waals surface area contributed by atoms with Crippen molar-refractivity contribution in [3.8, 4) is 11.5 Å². The molecule has 4 rings (SSSR count). The summed E-state index contributed by atoms with van der Waals surface area (Å²) in [5, 5.41) is 7.18. The maximum absolute atomic E-state index is 11.1. The van der Waals surface area contributed by atoms with Crippen molar-refractivity contribution in [3.63, 3.8) is 0 Å². The lowest BCUT2D eigenvalue weighted by Gasteiger charge is -2.14. The average Bonchev–Trinajstić information content (AvgIpc) is 2.82. The van der Waals surface area contributed by atoms with E-state index in [4.69, 9.17) is 21.1 Å². The van der Waals surface area contributed by atoms with Gasteiger partial charge in [0.1, 0.15) is 36.9 Å². The van der Waals surface area contributed by atoms with Gasteiger partial charge in [0.2, 0.25) is 5.91 Å². The molecule has 0 spiro atoms. The van der Waals surface area contributed by atoms with Crippen LogP contribution < -0.4 is 20.1 Å². The Morgan fingerprint density at radius 2 is 1.91 bits per heavy atom. The van der Waals surface area contributed by atoms with Crippen LogP contribution in [0.2, 0.25) is 5.02 Å². The van der Waals surface area contributed by atoms with Crippen LogP contribution in [0.15, 0.2) is 67.1 Å². The van der Waals surface area contributed by atoms with Crippen molar-refractivity contribution >= 4 is 39.9 Å². The summed E-state index contributed by atoms with van der Waals surface area (Å²) < 4.78 is 11.7. The summed E-state index contributed by atoms with van der Waals surface area (Å²) in [5.41, 5.74) is 2.28. The predicted molar refractivity (Wildman–Crippen MR) is 127 cm³/mol. The number of rotatable bonds is 9. The van der Waals surface area contributed by atoms with Crippen molar-refractivity contribution in [2.75, 3.05) is 18.5 Å². The number of nitrogens with one attached hydrogen (secondary N) is 2. The van der Waals surface area contributed by atoms with E-state index in [1.54, 1.807) is 18.3 Å². The smallest absolute Gasteiger partial charge is 0.216 e. The predicted octanol–water partition coefficient (Wildman–Crippen LogP) is 4.52. The second-order valence-corrected chi connectivity index (χ2v) is 7.49. The third kappa shape index (κ3) is 5.87. The standard InChI is InChI=1S/C24H22ClN5O3/c1-16(31)26-11-12-32-22-7-4-6-20-23(22)24(29-15-28-20)30-17-8-9-21(19(25)13-17)33-14-18-5-2-3-10-27-18/h2-10,13,15H,11-12,14H2,1H3,(H,26,31)(H,28,29,30). The van der Waals surface area contributed by atoms with Crippen molar-refractivity contribution < 1.29 is 14.3 Å². The van der Waals surface area contributed by atoms with Gasteiger partial charge in [0, 0.05) is 18.8 Å². The molecule has 4 aromatic rings. The van der Waals surface area contributed by atoms with E-state index in [1.807, 2.05) is 42.5 Å². The van der Waals surface area contributed by atoms with Gasteiger partial charge in [-0.25, -0.2) is 9.97 Å². The first-order valence-electron chi connectivity index (χ1n) is 10.3. The molecule has 0 saturated heterocycles. The van der Waals surface area contributed by atoms with Gasteiger partial charge < -0.3 is 20.1 Å². The number of amides is 1. The van der Waals surface area contributed by atoms with Crippen LogP contribution in [0.25, 0.3) is 10.9 Å². The quantitative estimate of drug-likeness (QED) is 0.352. The molecule has 0 aliphatic heterocycles. The Labute approximate surface area is 196 Å². The first-order chi connectivity index (χ1) is 16.1. The third-order valence-corrected chi connectivity index (χ3v) is 4.95.